The summed E-state index contributed by atoms with van der Waals surface area (Å²) in [6.45, 7) is 2.31. The summed E-state index contributed by atoms with van der Waals surface area (Å²) < 4.78 is 33.1. The predicted octanol–water partition coefficient (Wildman–Crippen LogP) is 14.5. The van der Waals surface area contributed by atoms with E-state index in [9.17, 15) is 13.0 Å². The Morgan fingerprint density at radius 1 is 0.327 bits per heavy atom. The molecule has 0 radical (unpaired) electrons. The molecule has 1 rings (SSSR count). The van der Waals surface area contributed by atoms with Crippen LogP contribution in [0.5, 0.6) is 0 Å². The first-order valence-corrected chi connectivity index (χ1v) is 26.0. The molecule has 1 aromatic rings. The fourth-order valence-electron chi connectivity index (χ4n) is 8.30. The van der Waals surface area contributed by atoms with E-state index in [1.165, 1.54) is 275 Å². The molecule has 0 aliphatic rings. The molecule has 3 nitrogen and oxygen atoms in total. The summed E-state index contributed by atoms with van der Waals surface area (Å²) in [5.41, 5.74) is 1.12. The van der Waals surface area contributed by atoms with Crippen LogP contribution < -0.4 is 51.4 Å². The van der Waals surface area contributed by atoms with Crippen LogP contribution in [0.1, 0.15) is 282 Å². The van der Waals surface area contributed by atoms with Gasteiger partial charge in [-0.15, -0.1) is 0 Å². The van der Waals surface area contributed by atoms with Gasteiger partial charge in [0.15, 0.2) is 0 Å². The second kappa shape index (κ2) is 44.3. The number of aryl methyl sites for hydroxylation is 1. The summed E-state index contributed by atoms with van der Waals surface area (Å²) >= 11 is 0. The predicted molar refractivity (Wildman–Crippen MR) is 238 cm³/mol. The summed E-state index contributed by atoms with van der Waals surface area (Å²) in [5.74, 6) is 0. The van der Waals surface area contributed by atoms with E-state index in [-0.39, 0.29) is 56.3 Å². The van der Waals surface area contributed by atoms with Crippen LogP contribution in [0.25, 0.3) is 0 Å². The van der Waals surface area contributed by atoms with Gasteiger partial charge in [0.25, 0.3) is 0 Å². The molecule has 0 bridgehead atoms. The van der Waals surface area contributed by atoms with Crippen molar-refractivity contribution in [1.29, 1.82) is 0 Å². The van der Waals surface area contributed by atoms with Gasteiger partial charge in [-0.05, 0) is 30.5 Å². The largest absolute Gasteiger partial charge is 1.00 e. The summed E-state index contributed by atoms with van der Waals surface area (Å²) in [4.78, 5) is -0.131. The van der Waals surface area contributed by atoms with E-state index in [0.717, 1.165) is 18.4 Å². The monoisotopic (exact) mass is 813 g/mol. The molecule has 5 heteroatoms. The van der Waals surface area contributed by atoms with Crippen molar-refractivity contribution >= 4 is 10.1 Å². The number of benzene rings is 1. The molecule has 0 aliphatic carbocycles. The Morgan fingerprint density at radius 2 is 0.509 bits per heavy atom. The molecule has 0 atom stereocenters. The molecular weight excluding hydrogens is 720 g/mol. The van der Waals surface area contributed by atoms with Gasteiger partial charge in [-0.2, -0.15) is 0 Å². The van der Waals surface area contributed by atoms with Crippen LogP contribution in [0.2, 0.25) is 0 Å². The Bertz CT molecular complexity index is 979. The molecule has 0 fully saturated rings. The maximum Gasteiger partial charge on any atom is 1.00 e. The molecule has 0 saturated carbocycles. The van der Waals surface area contributed by atoms with E-state index in [0.29, 0.717) is 0 Å². The van der Waals surface area contributed by atoms with Crippen molar-refractivity contribution in [3.05, 3.63) is 29.8 Å². The standard InChI is InChI=1S/C50H94O3S.K/c1-2-3-4-5-6-7-8-9-10-11-12-13-14-15-16-17-18-19-20-21-22-23-24-25-26-27-28-29-30-31-32-33-34-35-36-37-38-39-40-41-42-43-44-49-45-47-50(48-46-49)54(51,52)53;/h45-48H,2-44H2,1H3,(H,51,52,53);/q;+1/p-1. The fraction of sp³-hybridized carbons (Fsp3) is 0.880. The van der Waals surface area contributed by atoms with Crippen molar-refractivity contribution in [2.75, 3.05) is 0 Å². The van der Waals surface area contributed by atoms with Crippen LogP contribution in [-0.4, -0.2) is 13.0 Å². The van der Waals surface area contributed by atoms with E-state index in [1.54, 1.807) is 12.1 Å². The van der Waals surface area contributed by atoms with Crippen molar-refractivity contribution in [2.45, 2.75) is 288 Å². The minimum absolute atomic E-state index is 0. The third-order valence-electron chi connectivity index (χ3n) is 12.0. The number of unbranched alkanes of at least 4 members (excludes halogenated alkanes) is 41. The van der Waals surface area contributed by atoms with Crippen LogP contribution in [0.4, 0.5) is 0 Å². The second-order valence-corrected chi connectivity index (χ2v) is 18.7. The zero-order valence-corrected chi connectivity index (χ0v) is 41.3. The molecule has 55 heavy (non-hydrogen) atoms. The van der Waals surface area contributed by atoms with Crippen LogP contribution in [-0.2, 0) is 16.5 Å². The third kappa shape index (κ3) is 41.3. The Hall–Kier alpha value is 0.766. The summed E-state index contributed by atoms with van der Waals surface area (Å²) in [5, 5.41) is 0. The van der Waals surface area contributed by atoms with Crippen molar-refractivity contribution in [1.82, 2.24) is 0 Å². The molecule has 0 amide bonds. The van der Waals surface area contributed by atoms with Gasteiger partial charge in [-0.3, -0.25) is 0 Å². The molecule has 318 valence electrons. The number of hydrogen-bond donors (Lipinski definition) is 0. The molecule has 0 aliphatic heterocycles. The molecular formula is C50H93KO3S. The van der Waals surface area contributed by atoms with Gasteiger partial charge in [0.05, 0.1) is 4.90 Å². The molecule has 0 saturated heterocycles. The average molecular weight is 813 g/mol. The van der Waals surface area contributed by atoms with Crippen molar-refractivity contribution < 1.29 is 64.4 Å². The van der Waals surface area contributed by atoms with Gasteiger partial charge in [-0.1, -0.05) is 282 Å². The second-order valence-electron chi connectivity index (χ2n) is 17.3. The Balaban J connectivity index is 0.0000292. The quantitative estimate of drug-likeness (QED) is 0.0375. The first-order valence-electron chi connectivity index (χ1n) is 24.6. The maximum atomic E-state index is 11.0. The topological polar surface area (TPSA) is 57.2 Å². The maximum absolute atomic E-state index is 11.0. The molecule has 0 N–H and O–H groups in total. The van der Waals surface area contributed by atoms with Crippen LogP contribution in [0.3, 0.4) is 0 Å². The normalized spacial score (nSPS) is 11.7. The Morgan fingerprint density at radius 3 is 0.691 bits per heavy atom. The third-order valence-corrected chi connectivity index (χ3v) is 12.9. The molecule has 0 unspecified atom stereocenters. The van der Waals surface area contributed by atoms with Crippen molar-refractivity contribution in [3.63, 3.8) is 0 Å². The molecule has 0 spiro atoms. The van der Waals surface area contributed by atoms with Gasteiger partial charge in [0, 0.05) is 0 Å². The molecule has 0 heterocycles. The van der Waals surface area contributed by atoms with E-state index >= 15 is 0 Å². The zero-order chi connectivity index (χ0) is 38.9. The smallest absolute Gasteiger partial charge is 0.744 e. The SMILES string of the molecule is CCCCCCCCCCCCCCCCCCCCCCCCCCCCCCCCCCCCCCCCCCCCc1ccc(S(=O)(=O)[O-])cc1.[K+]. The van der Waals surface area contributed by atoms with E-state index < -0.39 is 10.1 Å². The van der Waals surface area contributed by atoms with Crippen molar-refractivity contribution in [3.8, 4) is 0 Å². The minimum Gasteiger partial charge on any atom is -0.744 e. The van der Waals surface area contributed by atoms with E-state index in [2.05, 4.69) is 6.92 Å². The van der Waals surface area contributed by atoms with Gasteiger partial charge in [0.2, 0.25) is 0 Å². The fourth-order valence-corrected chi connectivity index (χ4v) is 8.77. The van der Waals surface area contributed by atoms with Crippen LogP contribution in [0, 0.1) is 0 Å². The summed E-state index contributed by atoms with van der Waals surface area (Å²) in [6.07, 6.45) is 61.3. The Kier molecular flexibility index (Phi) is 44.9. The van der Waals surface area contributed by atoms with Crippen molar-refractivity contribution in [2.24, 2.45) is 0 Å². The summed E-state index contributed by atoms with van der Waals surface area (Å²) in [7, 11) is -4.33. The average Bonchev–Trinajstić information content (AvgIpc) is 3.16. The van der Waals surface area contributed by atoms with Crippen LogP contribution >= 0.6 is 0 Å². The van der Waals surface area contributed by atoms with E-state index in [1.807, 2.05) is 0 Å². The van der Waals surface area contributed by atoms with Crippen LogP contribution in [0.15, 0.2) is 29.2 Å². The number of hydrogen-bond acceptors (Lipinski definition) is 3. The van der Waals surface area contributed by atoms with E-state index in [4.69, 9.17) is 0 Å². The number of rotatable bonds is 44. The molecule has 1 aromatic carbocycles. The van der Waals surface area contributed by atoms with Gasteiger partial charge in [-0.25, -0.2) is 8.42 Å². The van der Waals surface area contributed by atoms with Gasteiger partial charge in [0.1, 0.15) is 10.1 Å². The minimum atomic E-state index is -4.33. The summed E-state index contributed by atoms with van der Waals surface area (Å²) in [6, 6.07) is 6.42. The van der Waals surface area contributed by atoms with Gasteiger partial charge < -0.3 is 4.55 Å². The first-order chi connectivity index (χ1) is 26.5. The molecule has 0 aromatic heterocycles. The zero-order valence-electron chi connectivity index (χ0n) is 37.3. The van der Waals surface area contributed by atoms with Gasteiger partial charge >= 0.3 is 51.4 Å². The Labute approximate surface area is 388 Å². The first kappa shape index (κ1) is 55.8.